The Balaban J connectivity index is 2.19. The van der Waals surface area contributed by atoms with Gasteiger partial charge < -0.3 is 0 Å². The molecule has 0 spiro atoms. The van der Waals surface area contributed by atoms with E-state index in [2.05, 4.69) is 4.72 Å². The third kappa shape index (κ3) is 3.53. The molecule has 7 heteroatoms. The molecule has 0 saturated heterocycles. The molecular weight excluding hydrogens is 308 g/mol. The molecule has 2 aromatic carbocycles. The highest BCUT2D eigenvalue weighted by atomic mass is 35.5. The van der Waals surface area contributed by atoms with Gasteiger partial charge in [0.15, 0.2) is 0 Å². The SMILES string of the molecule is O=S(=O)(NCc1cccc(Cl)c1)c1ccc(F)cc1F. The first kappa shape index (κ1) is 14.9. The number of halogens is 3. The van der Waals surface area contributed by atoms with Crippen LogP contribution in [0.25, 0.3) is 0 Å². The van der Waals surface area contributed by atoms with Crippen LogP contribution in [0.2, 0.25) is 5.02 Å². The summed E-state index contributed by atoms with van der Waals surface area (Å²) in [6, 6.07) is 8.88. The van der Waals surface area contributed by atoms with E-state index in [1.54, 1.807) is 24.3 Å². The molecule has 0 bridgehead atoms. The van der Waals surface area contributed by atoms with E-state index >= 15 is 0 Å². The van der Waals surface area contributed by atoms with Crippen LogP contribution < -0.4 is 4.72 Å². The fourth-order valence-electron chi connectivity index (χ4n) is 1.60. The fraction of sp³-hybridized carbons (Fsp3) is 0.0769. The minimum Gasteiger partial charge on any atom is -0.207 e. The maximum Gasteiger partial charge on any atom is 0.243 e. The second-order valence-corrected chi connectivity index (χ2v) is 6.20. The van der Waals surface area contributed by atoms with Crippen molar-refractivity contribution in [1.29, 1.82) is 0 Å². The lowest BCUT2D eigenvalue weighted by molar-refractivity contribution is 0.543. The Kier molecular flexibility index (Phi) is 4.37. The molecule has 1 N–H and O–H groups in total. The first-order valence-electron chi connectivity index (χ1n) is 5.58. The van der Waals surface area contributed by atoms with Crippen LogP contribution >= 0.6 is 11.6 Å². The first-order chi connectivity index (χ1) is 9.38. The lowest BCUT2D eigenvalue weighted by Gasteiger charge is -2.08. The van der Waals surface area contributed by atoms with Gasteiger partial charge in [-0.25, -0.2) is 21.9 Å². The average molecular weight is 318 g/mol. The lowest BCUT2D eigenvalue weighted by Crippen LogP contribution is -2.24. The molecule has 0 radical (unpaired) electrons. The zero-order valence-electron chi connectivity index (χ0n) is 10.1. The smallest absolute Gasteiger partial charge is 0.207 e. The summed E-state index contributed by atoms with van der Waals surface area (Å²) in [5, 5.41) is 0.467. The summed E-state index contributed by atoms with van der Waals surface area (Å²) in [5.74, 6) is -1.97. The summed E-state index contributed by atoms with van der Waals surface area (Å²) in [6.45, 7) is -0.0420. The van der Waals surface area contributed by atoms with E-state index < -0.39 is 26.6 Å². The van der Waals surface area contributed by atoms with Crippen LogP contribution in [-0.2, 0) is 16.6 Å². The van der Waals surface area contributed by atoms with E-state index in [0.29, 0.717) is 16.7 Å². The highest BCUT2D eigenvalue weighted by Crippen LogP contribution is 2.16. The van der Waals surface area contributed by atoms with Crippen LogP contribution in [0.3, 0.4) is 0 Å². The average Bonchev–Trinajstić information content (AvgIpc) is 2.36. The van der Waals surface area contributed by atoms with E-state index in [-0.39, 0.29) is 6.54 Å². The normalized spacial score (nSPS) is 11.6. The van der Waals surface area contributed by atoms with Crippen molar-refractivity contribution in [2.45, 2.75) is 11.4 Å². The summed E-state index contributed by atoms with van der Waals surface area (Å²) in [6.07, 6.45) is 0. The zero-order chi connectivity index (χ0) is 14.8. The van der Waals surface area contributed by atoms with Gasteiger partial charge in [-0.05, 0) is 29.8 Å². The Labute approximate surface area is 120 Å². The molecule has 0 aliphatic carbocycles. The lowest BCUT2D eigenvalue weighted by atomic mass is 10.2. The van der Waals surface area contributed by atoms with Crippen LogP contribution in [0, 0.1) is 11.6 Å². The number of nitrogens with one attached hydrogen (secondary N) is 1. The van der Waals surface area contributed by atoms with Crippen molar-refractivity contribution in [1.82, 2.24) is 4.72 Å². The Hall–Kier alpha value is -1.50. The molecule has 20 heavy (non-hydrogen) atoms. The summed E-state index contributed by atoms with van der Waals surface area (Å²) in [4.78, 5) is -0.596. The number of benzene rings is 2. The monoisotopic (exact) mass is 317 g/mol. The second-order valence-electron chi connectivity index (χ2n) is 4.03. The third-order valence-corrected chi connectivity index (χ3v) is 4.21. The highest BCUT2D eigenvalue weighted by Gasteiger charge is 2.19. The van der Waals surface area contributed by atoms with Gasteiger partial charge in [-0.1, -0.05) is 23.7 Å². The van der Waals surface area contributed by atoms with Gasteiger partial charge in [0, 0.05) is 17.6 Å². The summed E-state index contributed by atoms with van der Waals surface area (Å²) >= 11 is 5.78. The molecule has 106 valence electrons. The van der Waals surface area contributed by atoms with Crippen molar-refractivity contribution in [3.05, 3.63) is 64.7 Å². The van der Waals surface area contributed by atoms with Crippen LogP contribution in [-0.4, -0.2) is 8.42 Å². The Morgan fingerprint density at radius 1 is 1.10 bits per heavy atom. The quantitative estimate of drug-likeness (QED) is 0.942. The van der Waals surface area contributed by atoms with Crippen LogP contribution in [0.4, 0.5) is 8.78 Å². The van der Waals surface area contributed by atoms with E-state index in [1.807, 2.05) is 0 Å². The molecule has 2 aromatic rings. The van der Waals surface area contributed by atoms with E-state index in [0.717, 1.165) is 12.1 Å². The van der Waals surface area contributed by atoms with Crippen LogP contribution in [0.1, 0.15) is 5.56 Å². The van der Waals surface area contributed by atoms with Crippen molar-refractivity contribution in [3.63, 3.8) is 0 Å². The van der Waals surface area contributed by atoms with Gasteiger partial charge in [0.1, 0.15) is 16.5 Å². The van der Waals surface area contributed by atoms with Crippen LogP contribution in [0.5, 0.6) is 0 Å². The topological polar surface area (TPSA) is 46.2 Å². The predicted octanol–water partition coefficient (Wildman–Crippen LogP) is 3.10. The fourth-order valence-corrected chi connectivity index (χ4v) is 2.88. The molecule has 0 atom stereocenters. The zero-order valence-corrected chi connectivity index (χ0v) is 11.7. The maximum atomic E-state index is 13.5. The first-order valence-corrected chi connectivity index (χ1v) is 7.44. The number of hydrogen-bond acceptors (Lipinski definition) is 2. The van der Waals surface area contributed by atoms with Gasteiger partial charge in [-0.2, -0.15) is 0 Å². The Morgan fingerprint density at radius 2 is 1.85 bits per heavy atom. The summed E-state index contributed by atoms with van der Waals surface area (Å²) in [5.41, 5.74) is 0.628. The molecule has 0 amide bonds. The molecule has 0 aliphatic rings. The number of rotatable bonds is 4. The molecule has 0 aromatic heterocycles. The molecule has 0 saturated carbocycles. The molecule has 0 fully saturated rings. The van der Waals surface area contributed by atoms with Gasteiger partial charge in [0.25, 0.3) is 0 Å². The minimum absolute atomic E-state index is 0.0420. The molecule has 0 unspecified atom stereocenters. The highest BCUT2D eigenvalue weighted by molar-refractivity contribution is 7.89. The Morgan fingerprint density at radius 3 is 2.50 bits per heavy atom. The standard InChI is InChI=1S/C13H10ClF2NO2S/c14-10-3-1-2-9(6-10)8-17-20(18,19)13-5-4-11(15)7-12(13)16/h1-7,17H,8H2. The molecule has 0 aliphatic heterocycles. The van der Waals surface area contributed by atoms with Crippen molar-refractivity contribution < 1.29 is 17.2 Å². The largest absolute Gasteiger partial charge is 0.243 e. The van der Waals surface area contributed by atoms with Crippen molar-refractivity contribution in [2.75, 3.05) is 0 Å². The van der Waals surface area contributed by atoms with Crippen molar-refractivity contribution in [2.24, 2.45) is 0 Å². The van der Waals surface area contributed by atoms with Gasteiger partial charge in [-0.3, -0.25) is 0 Å². The van der Waals surface area contributed by atoms with Crippen molar-refractivity contribution >= 4 is 21.6 Å². The minimum atomic E-state index is -4.05. The summed E-state index contributed by atoms with van der Waals surface area (Å²) in [7, 11) is -4.05. The van der Waals surface area contributed by atoms with Gasteiger partial charge in [0.2, 0.25) is 10.0 Å². The van der Waals surface area contributed by atoms with Gasteiger partial charge in [0.05, 0.1) is 0 Å². The summed E-state index contributed by atoms with van der Waals surface area (Å²) < 4.78 is 52.3. The number of sulfonamides is 1. The van der Waals surface area contributed by atoms with Gasteiger partial charge in [-0.15, -0.1) is 0 Å². The third-order valence-electron chi connectivity index (χ3n) is 2.54. The second kappa shape index (κ2) is 5.87. The maximum absolute atomic E-state index is 13.5. The van der Waals surface area contributed by atoms with Crippen LogP contribution in [0.15, 0.2) is 47.4 Å². The van der Waals surface area contributed by atoms with Crippen molar-refractivity contribution in [3.8, 4) is 0 Å². The Bertz CT molecular complexity index is 735. The predicted molar refractivity (Wildman–Crippen MR) is 71.8 cm³/mol. The van der Waals surface area contributed by atoms with E-state index in [9.17, 15) is 17.2 Å². The molecule has 2 rings (SSSR count). The van der Waals surface area contributed by atoms with E-state index in [1.165, 1.54) is 0 Å². The van der Waals surface area contributed by atoms with Gasteiger partial charge >= 0.3 is 0 Å². The molecule has 3 nitrogen and oxygen atoms in total. The van der Waals surface area contributed by atoms with E-state index in [4.69, 9.17) is 11.6 Å². The molecular formula is C13H10ClF2NO2S. The molecule has 0 heterocycles. The number of hydrogen-bond donors (Lipinski definition) is 1.